The van der Waals surface area contributed by atoms with Gasteiger partial charge in [0.25, 0.3) is 0 Å². The minimum absolute atomic E-state index is 0.848. The van der Waals surface area contributed by atoms with Crippen molar-refractivity contribution in [2.75, 3.05) is 6.54 Å². The molecule has 0 aromatic heterocycles. The fraction of sp³-hybridized carbons (Fsp3) is 0.700. The topological polar surface area (TPSA) is 12.0 Å². The van der Waals surface area contributed by atoms with Gasteiger partial charge in [-0.05, 0) is 74.3 Å². The van der Waals surface area contributed by atoms with E-state index in [0.29, 0.717) is 0 Å². The Balaban J connectivity index is 1.62. The monoisotopic (exact) mass is 285 g/mol. The second-order valence-corrected chi connectivity index (χ2v) is 7.71. The smallest absolute Gasteiger partial charge is 0.00683 e. The molecule has 1 N–H and O–H groups in total. The molecule has 1 aromatic carbocycles. The van der Waals surface area contributed by atoms with Crippen LogP contribution in [-0.4, -0.2) is 12.6 Å². The molecule has 0 spiro atoms. The van der Waals surface area contributed by atoms with Crippen molar-refractivity contribution in [3.63, 3.8) is 0 Å². The first-order valence-corrected chi connectivity index (χ1v) is 8.99. The summed E-state index contributed by atoms with van der Waals surface area (Å²) in [5.41, 5.74) is 1.53. The average Bonchev–Trinajstić information content (AvgIpc) is 3.31. The molecule has 0 radical (unpaired) electrons. The molecule has 3 unspecified atom stereocenters. The molecule has 1 heteroatoms. The largest absolute Gasteiger partial charge is 0.314 e. The van der Waals surface area contributed by atoms with Crippen molar-refractivity contribution in [3.05, 3.63) is 35.9 Å². The van der Waals surface area contributed by atoms with Gasteiger partial charge in [-0.2, -0.15) is 0 Å². The van der Waals surface area contributed by atoms with Crippen LogP contribution in [-0.2, 0) is 6.42 Å². The van der Waals surface area contributed by atoms with Gasteiger partial charge < -0.3 is 5.32 Å². The highest BCUT2D eigenvalue weighted by atomic mass is 14.9. The predicted molar refractivity (Wildman–Crippen MR) is 90.3 cm³/mol. The molecule has 2 fully saturated rings. The molecule has 0 aliphatic heterocycles. The van der Waals surface area contributed by atoms with E-state index in [4.69, 9.17) is 0 Å². The SMILES string of the molecule is CC(C)C1CCC(CNC2CC2)C(Cc2ccccc2)C1. The molecule has 116 valence electrons. The minimum Gasteiger partial charge on any atom is -0.314 e. The fourth-order valence-electron chi connectivity index (χ4n) is 4.01. The van der Waals surface area contributed by atoms with Crippen molar-refractivity contribution in [3.8, 4) is 0 Å². The first-order valence-electron chi connectivity index (χ1n) is 8.99. The average molecular weight is 285 g/mol. The lowest BCUT2D eigenvalue weighted by molar-refractivity contribution is 0.144. The van der Waals surface area contributed by atoms with Gasteiger partial charge in [0.1, 0.15) is 0 Å². The highest BCUT2D eigenvalue weighted by Gasteiger charge is 2.32. The zero-order chi connectivity index (χ0) is 14.7. The molecular weight excluding hydrogens is 254 g/mol. The third-order valence-corrected chi connectivity index (χ3v) is 5.71. The van der Waals surface area contributed by atoms with Gasteiger partial charge in [0.2, 0.25) is 0 Å². The van der Waals surface area contributed by atoms with Crippen LogP contribution in [0.1, 0.15) is 51.5 Å². The van der Waals surface area contributed by atoms with Gasteiger partial charge in [0.05, 0.1) is 0 Å². The van der Waals surface area contributed by atoms with Crippen LogP contribution in [0, 0.1) is 23.7 Å². The first kappa shape index (κ1) is 15.1. The Morgan fingerprint density at radius 2 is 1.76 bits per heavy atom. The van der Waals surface area contributed by atoms with Crippen molar-refractivity contribution in [1.82, 2.24) is 5.32 Å². The summed E-state index contributed by atoms with van der Waals surface area (Å²) in [5.74, 6) is 3.55. The van der Waals surface area contributed by atoms with Gasteiger partial charge in [0, 0.05) is 6.04 Å². The van der Waals surface area contributed by atoms with Gasteiger partial charge in [-0.25, -0.2) is 0 Å². The van der Waals surface area contributed by atoms with Crippen LogP contribution in [0.5, 0.6) is 0 Å². The molecule has 0 amide bonds. The number of nitrogens with one attached hydrogen (secondary N) is 1. The Bertz CT molecular complexity index is 421. The maximum absolute atomic E-state index is 3.79. The Kier molecular flexibility index (Phi) is 5.00. The van der Waals surface area contributed by atoms with Crippen molar-refractivity contribution < 1.29 is 0 Å². The highest BCUT2D eigenvalue weighted by Crippen LogP contribution is 2.39. The lowest BCUT2D eigenvalue weighted by atomic mass is 9.68. The Hall–Kier alpha value is -0.820. The second-order valence-electron chi connectivity index (χ2n) is 7.71. The van der Waals surface area contributed by atoms with E-state index in [2.05, 4.69) is 49.5 Å². The minimum atomic E-state index is 0.848. The Morgan fingerprint density at radius 1 is 1.00 bits per heavy atom. The van der Waals surface area contributed by atoms with Crippen molar-refractivity contribution in [1.29, 1.82) is 0 Å². The molecule has 21 heavy (non-hydrogen) atoms. The van der Waals surface area contributed by atoms with Gasteiger partial charge in [-0.3, -0.25) is 0 Å². The lowest BCUT2D eigenvalue weighted by Gasteiger charge is -2.38. The molecular formula is C20H31N. The molecule has 2 aliphatic rings. The predicted octanol–water partition coefficient (Wildman–Crippen LogP) is 4.67. The van der Waals surface area contributed by atoms with Gasteiger partial charge >= 0.3 is 0 Å². The Labute approximate surface area is 130 Å². The molecule has 1 nitrogen and oxygen atoms in total. The summed E-state index contributed by atoms with van der Waals surface area (Å²) < 4.78 is 0. The fourth-order valence-corrected chi connectivity index (χ4v) is 4.01. The summed E-state index contributed by atoms with van der Waals surface area (Å²) >= 11 is 0. The van der Waals surface area contributed by atoms with E-state index in [1.165, 1.54) is 50.6 Å². The zero-order valence-electron chi connectivity index (χ0n) is 13.7. The molecule has 0 heterocycles. The molecule has 0 saturated heterocycles. The summed E-state index contributed by atoms with van der Waals surface area (Å²) in [5, 5.41) is 3.79. The lowest BCUT2D eigenvalue weighted by Crippen LogP contribution is -2.36. The van der Waals surface area contributed by atoms with Crippen LogP contribution in [0.2, 0.25) is 0 Å². The van der Waals surface area contributed by atoms with Crippen LogP contribution < -0.4 is 5.32 Å². The summed E-state index contributed by atoms with van der Waals surface area (Å²) in [6.45, 7) is 6.08. The van der Waals surface area contributed by atoms with Crippen molar-refractivity contribution in [2.24, 2.45) is 23.7 Å². The number of hydrogen-bond acceptors (Lipinski definition) is 1. The van der Waals surface area contributed by atoms with E-state index >= 15 is 0 Å². The first-order chi connectivity index (χ1) is 10.2. The number of benzene rings is 1. The van der Waals surface area contributed by atoms with E-state index in [0.717, 1.165) is 29.7 Å². The summed E-state index contributed by atoms with van der Waals surface area (Å²) in [6, 6.07) is 12.0. The molecule has 0 bridgehead atoms. The van der Waals surface area contributed by atoms with E-state index in [9.17, 15) is 0 Å². The number of rotatable bonds is 6. The van der Waals surface area contributed by atoms with Crippen LogP contribution in [0.4, 0.5) is 0 Å². The van der Waals surface area contributed by atoms with E-state index in [1.54, 1.807) is 0 Å². The molecule has 3 rings (SSSR count). The van der Waals surface area contributed by atoms with Crippen molar-refractivity contribution in [2.45, 2.75) is 58.4 Å². The molecule has 1 aromatic rings. The molecule has 3 atom stereocenters. The van der Waals surface area contributed by atoms with Gasteiger partial charge in [-0.15, -0.1) is 0 Å². The quantitative estimate of drug-likeness (QED) is 0.801. The van der Waals surface area contributed by atoms with Crippen LogP contribution in [0.3, 0.4) is 0 Å². The maximum Gasteiger partial charge on any atom is 0.00683 e. The van der Waals surface area contributed by atoms with E-state index in [-0.39, 0.29) is 0 Å². The summed E-state index contributed by atoms with van der Waals surface area (Å²) in [6.07, 6.45) is 8.40. The highest BCUT2D eigenvalue weighted by molar-refractivity contribution is 5.15. The van der Waals surface area contributed by atoms with Crippen LogP contribution >= 0.6 is 0 Å². The summed E-state index contributed by atoms with van der Waals surface area (Å²) in [7, 11) is 0. The third-order valence-electron chi connectivity index (χ3n) is 5.71. The van der Waals surface area contributed by atoms with Crippen molar-refractivity contribution >= 4 is 0 Å². The van der Waals surface area contributed by atoms with Crippen LogP contribution in [0.15, 0.2) is 30.3 Å². The van der Waals surface area contributed by atoms with Gasteiger partial charge in [0.15, 0.2) is 0 Å². The third kappa shape index (κ3) is 4.32. The normalized spacial score (nSPS) is 29.8. The Morgan fingerprint density at radius 3 is 2.43 bits per heavy atom. The van der Waals surface area contributed by atoms with Gasteiger partial charge in [-0.1, -0.05) is 44.2 Å². The van der Waals surface area contributed by atoms with E-state index < -0.39 is 0 Å². The second kappa shape index (κ2) is 6.96. The standard InChI is InChI=1S/C20H31N/c1-15(2)17-8-9-18(14-21-20-10-11-20)19(13-17)12-16-6-4-3-5-7-16/h3-7,15,17-21H,8-14H2,1-2H3. The maximum atomic E-state index is 3.79. The molecule has 2 saturated carbocycles. The van der Waals surface area contributed by atoms with E-state index in [1.807, 2.05) is 0 Å². The summed E-state index contributed by atoms with van der Waals surface area (Å²) in [4.78, 5) is 0. The zero-order valence-corrected chi connectivity index (χ0v) is 13.7. The molecule has 2 aliphatic carbocycles. The number of hydrogen-bond donors (Lipinski definition) is 1. The van der Waals surface area contributed by atoms with Crippen LogP contribution in [0.25, 0.3) is 0 Å².